The van der Waals surface area contributed by atoms with Gasteiger partial charge in [-0.1, -0.05) is 12.1 Å². The zero-order chi connectivity index (χ0) is 10.6. The van der Waals surface area contributed by atoms with Gasteiger partial charge in [0.15, 0.2) is 0 Å². The molecule has 4 nitrogen and oxygen atoms in total. The largest absolute Gasteiger partial charge is 0.389 e. The summed E-state index contributed by atoms with van der Waals surface area (Å²) in [5.41, 5.74) is 6.87. The molecule has 1 aromatic carbocycles. The molecule has 14 heavy (non-hydrogen) atoms. The molecule has 0 amide bonds. The van der Waals surface area contributed by atoms with Gasteiger partial charge < -0.3 is 21.3 Å². The SMILES string of the molecule is CNc1ccc(C(O)C(O)CN)cc1. The highest BCUT2D eigenvalue weighted by molar-refractivity contribution is 5.44. The lowest BCUT2D eigenvalue weighted by molar-refractivity contribution is 0.0243. The topological polar surface area (TPSA) is 78.5 Å². The van der Waals surface area contributed by atoms with E-state index >= 15 is 0 Å². The van der Waals surface area contributed by atoms with E-state index in [2.05, 4.69) is 5.32 Å². The number of rotatable bonds is 4. The van der Waals surface area contributed by atoms with E-state index in [0.717, 1.165) is 5.69 Å². The minimum Gasteiger partial charge on any atom is -0.389 e. The molecule has 0 bridgehead atoms. The Labute approximate surface area is 83.4 Å². The number of aliphatic hydroxyl groups excluding tert-OH is 2. The van der Waals surface area contributed by atoms with Crippen LogP contribution in [0.4, 0.5) is 5.69 Å². The van der Waals surface area contributed by atoms with Crippen molar-refractivity contribution in [3.8, 4) is 0 Å². The van der Waals surface area contributed by atoms with Gasteiger partial charge in [0.1, 0.15) is 6.10 Å². The van der Waals surface area contributed by atoms with Crippen LogP contribution in [0.2, 0.25) is 0 Å². The number of hydrogen-bond donors (Lipinski definition) is 4. The Morgan fingerprint density at radius 3 is 2.29 bits per heavy atom. The predicted molar refractivity (Wildman–Crippen MR) is 56.0 cm³/mol. The molecule has 1 rings (SSSR count). The first-order valence-corrected chi connectivity index (χ1v) is 4.53. The lowest BCUT2D eigenvalue weighted by Gasteiger charge is -2.16. The maximum atomic E-state index is 9.60. The summed E-state index contributed by atoms with van der Waals surface area (Å²) < 4.78 is 0. The molecule has 0 aliphatic heterocycles. The van der Waals surface area contributed by atoms with Gasteiger partial charge in [-0.15, -0.1) is 0 Å². The monoisotopic (exact) mass is 196 g/mol. The van der Waals surface area contributed by atoms with Crippen LogP contribution in [0, 0.1) is 0 Å². The van der Waals surface area contributed by atoms with Crippen molar-refractivity contribution >= 4 is 5.69 Å². The van der Waals surface area contributed by atoms with Gasteiger partial charge >= 0.3 is 0 Å². The lowest BCUT2D eigenvalue weighted by Crippen LogP contribution is -2.27. The summed E-state index contributed by atoms with van der Waals surface area (Å²) in [5, 5.41) is 21.9. The van der Waals surface area contributed by atoms with Crippen LogP contribution in [0.25, 0.3) is 0 Å². The van der Waals surface area contributed by atoms with Gasteiger partial charge in [0, 0.05) is 19.3 Å². The maximum Gasteiger partial charge on any atom is 0.106 e. The number of aliphatic hydroxyl groups is 2. The Balaban J connectivity index is 2.75. The fourth-order valence-electron chi connectivity index (χ4n) is 1.20. The molecule has 5 N–H and O–H groups in total. The van der Waals surface area contributed by atoms with Gasteiger partial charge in [0.05, 0.1) is 6.10 Å². The number of benzene rings is 1. The van der Waals surface area contributed by atoms with Crippen molar-refractivity contribution in [2.75, 3.05) is 18.9 Å². The minimum atomic E-state index is -0.911. The Hall–Kier alpha value is -1.10. The quantitative estimate of drug-likeness (QED) is 0.550. The summed E-state index contributed by atoms with van der Waals surface area (Å²) in [4.78, 5) is 0. The van der Waals surface area contributed by atoms with Crippen molar-refractivity contribution in [2.24, 2.45) is 5.73 Å². The Morgan fingerprint density at radius 2 is 1.86 bits per heavy atom. The van der Waals surface area contributed by atoms with Gasteiger partial charge in [-0.2, -0.15) is 0 Å². The van der Waals surface area contributed by atoms with Crippen LogP contribution in [0.1, 0.15) is 11.7 Å². The highest BCUT2D eigenvalue weighted by Gasteiger charge is 2.15. The Kier molecular flexibility index (Phi) is 3.88. The zero-order valence-electron chi connectivity index (χ0n) is 8.14. The van der Waals surface area contributed by atoms with E-state index in [1.165, 1.54) is 0 Å². The standard InChI is InChI=1S/C10H16N2O2/c1-12-8-4-2-7(3-5-8)10(14)9(13)6-11/h2-5,9-10,12-14H,6,11H2,1H3. The van der Waals surface area contributed by atoms with Crippen LogP contribution >= 0.6 is 0 Å². The first-order chi connectivity index (χ1) is 6.69. The third kappa shape index (κ3) is 2.45. The molecule has 2 atom stereocenters. The number of hydrogen-bond acceptors (Lipinski definition) is 4. The molecule has 0 fully saturated rings. The van der Waals surface area contributed by atoms with E-state index in [9.17, 15) is 10.2 Å². The van der Waals surface area contributed by atoms with Crippen molar-refractivity contribution < 1.29 is 10.2 Å². The number of anilines is 1. The third-order valence-electron chi connectivity index (χ3n) is 2.15. The third-order valence-corrected chi connectivity index (χ3v) is 2.15. The highest BCUT2D eigenvalue weighted by atomic mass is 16.3. The fraction of sp³-hybridized carbons (Fsp3) is 0.400. The van der Waals surface area contributed by atoms with Gasteiger partial charge in [-0.05, 0) is 17.7 Å². The smallest absolute Gasteiger partial charge is 0.106 e. The van der Waals surface area contributed by atoms with Crippen LogP contribution in [0.3, 0.4) is 0 Å². The van der Waals surface area contributed by atoms with E-state index in [4.69, 9.17) is 5.73 Å². The van der Waals surface area contributed by atoms with E-state index < -0.39 is 12.2 Å². The molecule has 0 spiro atoms. The van der Waals surface area contributed by atoms with E-state index in [1.807, 2.05) is 19.2 Å². The molecular formula is C10H16N2O2. The summed E-state index contributed by atoms with van der Waals surface area (Å²) >= 11 is 0. The molecule has 4 heteroatoms. The van der Waals surface area contributed by atoms with Gasteiger partial charge in [0.2, 0.25) is 0 Å². The first-order valence-electron chi connectivity index (χ1n) is 4.53. The number of nitrogens with one attached hydrogen (secondary N) is 1. The normalized spacial score (nSPS) is 14.9. The van der Waals surface area contributed by atoms with E-state index in [1.54, 1.807) is 12.1 Å². The van der Waals surface area contributed by atoms with Crippen molar-refractivity contribution in [2.45, 2.75) is 12.2 Å². The molecule has 1 aromatic rings. The average Bonchev–Trinajstić information content (AvgIpc) is 2.27. The molecule has 0 radical (unpaired) electrons. The molecule has 0 saturated carbocycles. The minimum absolute atomic E-state index is 0.0505. The highest BCUT2D eigenvalue weighted by Crippen LogP contribution is 2.18. The van der Waals surface area contributed by atoms with Gasteiger partial charge in [-0.3, -0.25) is 0 Å². The Bertz CT molecular complexity index is 274. The molecular weight excluding hydrogens is 180 g/mol. The van der Waals surface area contributed by atoms with E-state index in [-0.39, 0.29) is 6.54 Å². The van der Waals surface area contributed by atoms with Crippen molar-refractivity contribution in [1.82, 2.24) is 0 Å². The second-order valence-corrected chi connectivity index (χ2v) is 3.12. The first kappa shape index (κ1) is 11.0. The molecule has 2 unspecified atom stereocenters. The van der Waals surface area contributed by atoms with Crippen LogP contribution in [0.15, 0.2) is 24.3 Å². The molecule has 0 aliphatic carbocycles. The summed E-state index contributed by atoms with van der Waals surface area (Å²) in [5.74, 6) is 0. The molecule has 0 saturated heterocycles. The predicted octanol–water partition coefficient (Wildman–Crippen LogP) is 0.0813. The molecule has 78 valence electrons. The van der Waals surface area contributed by atoms with Crippen LogP contribution in [-0.4, -0.2) is 29.9 Å². The van der Waals surface area contributed by atoms with Crippen molar-refractivity contribution in [1.29, 1.82) is 0 Å². The molecule has 0 heterocycles. The van der Waals surface area contributed by atoms with Crippen LogP contribution in [-0.2, 0) is 0 Å². The van der Waals surface area contributed by atoms with Gasteiger partial charge in [-0.25, -0.2) is 0 Å². The average molecular weight is 196 g/mol. The maximum absolute atomic E-state index is 9.60. The zero-order valence-corrected chi connectivity index (χ0v) is 8.14. The molecule has 0 aromatic heterocycles. The van der Waals surface area contributed by atoms with Gasteiger partial charge in [0.25, 0.3) is 0 Å². The van der Waals surface area contributed by atoms with Crippen molar-refractivity contribution in [3.05, 3.63) is 29.8 Å². The summed E-state index contributed by atoms with van der Waals surface area (Å²) in [6.07, 6.45) is -1.82. The summed E-state index contributed by atoms with van der Waals surface area (Å²) in [6, 6.07) is 7.19. The number of nitrogens with two attached hydrogens (primary N) is 1. The second-order valence-electron chi connectivity index (χ2n) is 3.12. The van der Waals surface area contributed by atoms with Crippen molar-refractivity contribution in [3.63, 3.8) is 0 Å². The van der Waals surface area contributed by atoms with Crippen LogP contribution < -0.4 is 11.1 Å². The second kappa shape index (κ2) is 4.95. The fourth-order valence-corrected chi connectivity index (χ4v) is 1.20. The van der Waals surface area contributed by atoms with E-state index in [0.29, 0.717) is 5.56 Å². The van der Waals surface area contributed by atoms with Crippen LogP contribution in [0.5, 0.6) is 0 Å². The molecule has 0 aliphatic rings. The summed E-state index contributed by atoms with van der Waals surface area (Å²) in [7, 11) is 1.82. The Morgan fingerprint density at radius 1 is 1.29 bits per heavy atom. The lowest BCUT2D eigenvalue weighted by atomic mass is 10.0. The summed E-state index contributed by atoms with van der Waals surface area (Å²) in [6.45, 7) is 0.0505.